The Balaban J connectivity index is 2.17. The fourth-order valence-corrected chi connectivity index (χ4v) is 3.05. The van der Waals surface area contributed by atoms with Gasteiger partial charge < -0.3 is 10.4 Å². The summed E-state index contributed by atoms with van der Waals surface area (Å²) in [5.41, 5.74) is -0.221. The third-order valence-electron chi connectivity index (χ3n) is 3.30. The van der Waals surface area contributed by atoms with E-state index in [1.165, 1.54) is 6.42 Å². The van der Waals surface area contributed by atoms with Gasteiger partial charge in [-0.3, -0.25) is 0 Å². The number of nitrogens with one attached hydrogen (secondary N) is 1. The average molecular weight is 320 g/mol. The molecule has 0 atom stereocenters. The van der Waals surface area contributed by atoms with Gasteiger partial charge in [0.05, 0.1) is 21.6 Å². The summed E-state index contributed by atoms with van der Waals surface area (Å²) in [6.07, 6.45) is 7.14. The van der Waals surface area contributed by atoms with Crippen LogP contribution in [0.3, 0.4) is 0 Å². The molecule has 1 aromatic heterocycles. The van der Waals surface area contributed by atoms with Crippen molar-refractivity contribution in [2.24, 2.45) is 0 Å². The van der Waals surface area contributed by atoms with Gasteiger partial charge in [0, 0.05) is 6.20 Å². The van der Waals surface area contributed by atoms with Crippen molar-refractivity contribution in [3.63, 3.8) is 0 Å². The van der Waals surface area contributed by atoms with E-state index in [2.05, 4.69) is 26.2 Å². The maximum Gasteiger partial charge on any atom is 0.140 e. The van der Waals surface area contributed by atoms with Gasteiger partial charge in [0.1, 0.15) is 5.82 Å². The minimum atomic E-state index is -0.221. The summed E-state index contributed by atoms with van der Waals surface area (Å²) in [4.78, 5) is 4.26. The van der Waals surface area contributed by atoms with Crippen LogP contribution in [0.2, 0.25) is 5.02 Å². The molecule has 2 N–H and O–H groups in total. The highest BCUT2D eigenvalue weighted by molar-refractivity contribution is 9.10. The van der Waals surface area contributed by atoms with Crippen LogP contribution in [-0.4, -0.2) is 22.2 Å². The fraction of sp³-hybridized carbons (Fsp3) is 0.583. The monoisotopic (exact) mass is 318 g/mol. The largest absolute Gasteiger partial charge is 0.394 e. The molecular formula is C12H16BrClN2O. The van der Waals surface area contributed by atoms with Gasteiger partial charge in [-0.05, 0) is 34.8 Å². The molecule has 0 radical (unpaired) electrons. The van der Waals surface area contributed by atoms with Crippen LogP contribution in [0.25, 0.3) is 0 Å². The number of rotatable bonds is 3. The predicted octanol–water partition coefficient (Wildman–Crippen LogP) is 3.60. The van der Waals surface area contributed by atoms with Gasteiger partial charge in [-0.1, -0.05) is 30.9 Å². The molecule has 1 aliphatic carbocycles. The topological polar surface area (TPSA) is 45.1 Å². The average Bonchev–Trinajstić information content (AvgIpc) is 2.34. The van der Waals surface area contributed by atoms with Crippen molar-refractivity contribution in [1.29, 1.82) is 0 Å². The zero-order valence-corrected chi connectivity index (χ0v) is 11.9. The molecule has 1 fully saturated rings. The van der Waals surface area contributed by atoms with Gasteiger partial charge in [0.15, 0.2) is 0 Å². The van der Waals surface area contributed by atoms with Crippen molar-refractivity contribution in [2.45, 2.75) is 37.6 Å². The van der Waals surface area contributed by atoms with Gasteiger partial charge >= 0.3 is 0 Å². The van der Waals surface area contributed by atoms with E-state index in [1.54, 1.807) is 6.20 Å². The lowest BCUT2D eigenvalue weighted by Crippen LogP contribution is -2.44. The molecule has 0 aliphatic heterocycles. The third kappa shape index (κ3) is 3.12. The molecule has 1 heterocycles. The van der Waals surface area contributed by atoms with Crippen molar-refractivity contribution >= 4 is 33.3 Å². The SMILES string of the molecule is OCC1(Nc2ncc(Cl)cc2Br)CCCCC1. The first-order valence-electron chi connectivity index (χ1n) is 5.85. The summed E-state index contributed by atoms with van der Waals surface area (Å²) < 4.78 is 0.836. The van der Waals surface area contributed by atoms with Crippen LogP contribution in [0.5, 0.6) is 0 Å². The normalized spacial score (nSPS) is 19.0. The number of aliphatic hydroxyl groups is 1. The lowest BCUT2D eigenvalue weighted by Gasteiger charge is -2.37. The summed E-state index contributed by atoms with van der Waals surface area (Å²) >= 11 is 9.29. The first-order valence-corrected chi connectivity index (χ1v) is 7.02. The molecule has 17 heavy (non-hydrogen) atoms. The van der Waals surface area contributed by atoms with Crippen LogP contribution >= 0.6 is 27.5 Å². The maximum atomic E-state index is 9.62. The summed E-state index contributed by atoms with van der Waals surface area (Å²) in [6, 6.07) is 1.81. The zero-order valence-electron chi connectivity index (χ0n) is 9.55. The highest BCUT2D eigenvalue weighted by Crippen LogP contribution is 2.33. The van der Waals surface area contributed by atoms with E-state index in [4.69, 9.17) is 11.6 Å². The molecule has 0 amide bonds. The number of halogens is 2. The van der Waals surface area contributed by atoms with E-state index < -0.39 is 0 Å². The minimum absolute atomic E-state index is 0.143. The van der Waals surface area contributed by atoms with E-state index in [9.17, 15) is 5.11 Å². The molecule has 1 aromatic rings. The van der Waals surface area contributed by atoms with E-state index in [0.29, 0.717) is 5.02 Å². The van der Waals surface area contributed by atoms with Crippen LogP contribution in [0.15, 0.2) is 16.7 Å². The van der Waals surface area contributed by atoms with E-state index in [0.717, 1.165) is 36.0 Å². The minimum Gasteiger partial charge on any atom is -0.394 e. The van der Waals surface area contributed by atoms with Crippen molar-refractivity contribution < 1.29 is 5.11 Å². The summed E-state index contributed by atoms with van der Waals surface area (Å²) in [5.74, 6) is 0.755. The van der Waals surface area contributed by atoms with Crippen LogP contribution < -0.4 is 5.32 Å². The molecule has 0 aromatic carbocycles. The third-order valence-corrected chi connectivity index (χ3v) is 4.12. The molecule has 0 unspecified atom stereocenters. The number of nitrogens with zero attached hydrogens (tertiary/aromatic N) is 1. The number of anilines is 1. The molecule has 2 rings (SSSR count). The van der Waals surface area contributed by atoms with E-state index in [1.807, 2.05) is 6.07 Å². The number of pyridine rings is 1. The molecule has 0 saturated heterocycles. The second-order valence-electron chi connectivity index (χ2n) is 4.61. The first kappa shape index (κ1) is 13.1. The fourth-order valence-electron chi connectivity index (χ4n) is 2.31. The molecular weight excluding hydrogens is 304 g/mol. The van der Waals surface area contributed by atoms with Crippen molar-refractivity contribution in [3.8, 4) is 0 Å². The molecule has 0 spiro atoms. The first-order chi connectivity index (χ1) is 8.15. The van der Waals surface area contributed by atoms with Crippen LogP contribution in [0, 0.1) is 0 Å². The van der Waals surface area contributed by atoms with Gasteiger partial charge in [-0.15, -0.1) is 0 Å². The van der Waals surface area contributed by atoms with Crippen molar-refractivity contribution in [2.75, 3.05) is 11.9 Å². The second kappa shape index (κ2) is 5.55. The zero-order chi connectivity index (χ0) is 12.3. The maximum absolute atomic E-state index is 9.62. The lowest BCUT2D eigenvalue weighted by molar-refractivity contribution is 0.172. The Morgan fingerprint density at radius 3 is 2.71 bits per heavy atom. The Morgan fingerprint density at radius 1 is 1.41 bits per heavy atom. The van der Waals surface area contributed by atoms with Crippen LogP contribution in [-0.2, 0) is 0 Å². The molecule has 1 aliphatic rings. The smallest absolute Gasteiger partial charge is 0.140 e. The quantitative estimate of drug-likeness (QED) is 0.894. The van der Waals surface area contributed by atoms with Gasteiger partial charge in [-0.2, -0.15) is 0 Å². The molecule has 94 valence electrons. The highest BCUT2D eigenvalue weighted by Gasteiger charge is 2.31. The Bertz CT molecular complexity index is 394. The Kier molecular flexibility index (Phi) is 4.28. The van der Waals surface area contributed by atoms with Crippen molar-refractivity contribution in [1.82, 2.24) is 4.98 Å². The van der Waals surface area contributed by atoms with Gasteiger partial charge in [-0.25, -0.2) is 4.98 Å². The predicted molar refractivity (Wildman–Crippen MR) is 73.5 cm³/mol. The molecule has 1 saturated carbocycles. The van der Waals surface area contributed by atoms with Crippen LogP contribution in [0.4, 0.5) is 5.82 Å². The van der Waals surface area contributed by atoms with Gasteiger partial charge in [0.25, 0.3) is 0 Å². The number of hydrogen-bond acceptors (Lipinski definition) is 3. The molecule has 5 heteroatoms. The van der Waals surface area contributed by atoms with E-state index >= 15 is 0 Å². The van der Waals surface area contributed by atoms with Crippen LogP contribution in [0.1, 0.15) is 32.1 Å². The highest BCUT2D eigenvalue weighted by atomic mass is 79.9. The Hall–Kier alpha value is -0.320. The Labute approximate surface area is 115 Å². The number of aliphatic hydroxyl groups excluding tert-OH is 1. The number of aromatic nitrogens is 1. The van der Waals surface area contributed by atoms with Gasteiger partial charge in [0.2, 0.25) is 0 Å². The lowest BCUT2D eigenvalue weighted by atomic mass is 9.82. The standard InChI is InChI=1S/C12H16BrClN2O/c13-10-6-9(14)7-15-11(10)16-12(8-17)4-2-1-3-5-12/h6-7,17H,1-5,8H2,(H,15,16). The van der Waals surface area contributed by atoms with E-state index in [-0.39, 0.29) is 12.1 Å². The van der Waals surface area contributed by atoms with Crippen molar-refractivity contribution in [3.05, 3.63) is 21.8 Å². The molecule has 0 bridgehead atoms. The molecule has 3 nitrogen and oxygen atoms in total. The summed E-state index contributed by atoms with van der Waals surface area (Å²) in [5, 5.41) is 13.6. The Morgan fingerprint density at radius 2 is 2.12 bits per heavy atom. The summed E-state index contributed by atoms with van der Waals surface area (Å²) in [7, 11) is 0. The summed E-state index contributed by atoms with van der Waals surface area (Å²) in [6.45, 7) is 0.143. The second-order valence-corrected chi connectivity index (χ2v) is 5.90. The number of hydrogen-bond donors (Lipinski definition) is 2.